The number of rotatable bonds is 13. The third-order valence-electron chi connectivity index (χ3n) is 3.07. The molecule has 0 saturated heterocycles. The Morgan fingerprint density at radius 1 is 1.04 bits per heavy atom. The summed E-state index contributed by atoms with van der Waals surface area (Å²) in [5.74, 6) is -0.505. The third-order valence-corrected chi connectivity index (χ3v) is 7.69. The van der Waals surface area contributed by atoms with Crippen molar-refractivity contribution in [3.63, 3.8) is 0 Å². The summed E-state index contributed by atoms with van der Waals surface area (Å²) in [7, 11) is -7.11. The van der Waals surface area contributed by atoms with E-state index in [9.17, 15) is 9.59 Å². The van der Waals surface area contributed by atoms with Crippen LogP contribution < -0.4 is 5.73 Å². The van der Waals surface area contributed by atoms with Crippen molar-refractivity contribution < 1.29 is 32.0 Å². The number of esters is 1. The first-order valence-electron chi connectivity index (χ1n) is 9.42. The lowest BCUT2D eigenvalue weighted by Crippen LogP contribution is -2.62. The molecule has 0 heterocycles. The Morgan fingerprint density at radius 2 is 1.54 bits per heavy atom. The molecule has 0 aliphatic carbocycles. The molecule has 8 nitrogen and oxygen atoms in total. The molecule has 0 bridgehead atoms. The monoisotopic (exact) mass is 451 g/mol. The number of primary amides is 1. The molecule has 1 amide bonds. The molecule has 0 aliphatic rings. The Kier molecular flexibility index (Phi) is 10.9. The first kappa shape index (κ1) is 27.0. The van der Waals surface area contributed by atoms with Gasteiger partial charge in [0.05, 0.1) is 6.61 Å². The van der Waals surface area contributed by atoms with Gasteiger partial charge in [0.1, 0.15) is 6.61 Å². The lowest BCUT2D eigenvalue weighted by atomic mass is 10.3. The normalized spacial score (nSPS) is 13.7. The Balaban J connectivity index is 5.64. The van der Waals surface area contributed by atoms with Gasteiger partial charge in [-0.05, 0) is 46.2 Å². The van der Waals surface area contributed by atoms with E-state index in [1.54, 1.807) is 6.92 Å². The molecule has 0 aromatic rings. The summed E-state index contributed by atoms with van der Waals surface area (Å²) < 4.78 is 29.3. The van der Waals surface area contributed by atoms with Gasteiger partial charge in [0.2, 0.25) is 5.41 Å². The Morgan fingerprint density at radius 3 is 1.89 bits per heavy atom. The van der Waals surface area contributed by atoms with Crippen molar-refractivity contribution in [1.29, 1.82) is 0 Å². The summed E-state index contributed by atoms with van der Waals surface area (Å²) in [6.45, 7) is 19.4. The molecule has 0 aromatic carbocycles. The van der Waals surface area contributed by atoms with E-state index in [0.29, 0.717) is 12.0 Å². The van der Waals surface area contributed by atoms with Gasteiger partial charge in [0, 0.05) is 12.0 Å². The largest absolute Gasteiger partial charge is 0.476 e. The van der Waals surface area contributed by atoms with Crippen LogP contribution in [0.1, 0.15) is 26.7 Å². The molecule has 2 N–H and O–H groups in total. The van der Waals surface area contributed by atoms with Crippen molar-refractivity contribution >= 4 is 38.0 Å². The standard InChI is InChI=1S/C17H37NO7Si3/c1-10-11-17(24-27(4,5)6,25-28(7,8)9)26(23-16(18)20)22-13-12-21-15(19)14(2)3/h26H,2,10-13H2,1,3-9H3,(H2,18,20). The van der Waals surface area contributed by atoms with E-state index in [1.807, 2.05) is 46.2 Å². The van der Waals surface area contributed by atoms with Gasteiger partial charge in [-0.25, -0.2) is 9.59 Å². The molecule has 0 fully saturated rings. The summed E-state index contributed by atoms with van der Waals surface area (Å²) in [5.41, 5.74) is 4.47. The maximum atomic E-state index is 11.6. The van der Waals surface area contributed by atoms with Crippen LogP contribution >= 0.6 is 0 Å². The highest BCUT2D eigenvalue weighted by Crippen LogP contribution is 2.32. The maximum absolute atomic E-state index is 11.6. The van der Waals surface area contributed by atoms with Gasteiger partial charge in [-0.15, -0.1) is 0 Å². The van der Waals surface area contributed by atoms with E-state index in [-0.39, 0.29) is 13.2 Å². The average Bonchev–Trinajstić information content (AvgIpc) is 2.46. The molecule has 1 atom stereocenters. The van der Waals surface area contributed by atoms with Crippen molar-refractivity contribution in [1.82, 2.24) is 0 Å². The summed E-state index contributed by atoms with van der Waals surface area (Å²) in [4.78, 5) is 23.1. The van der Waals surface area contributed by atoms with Crippen LogP contribution in [0.2, 0.25) is 39.3 Å². The van der Waals surface area contributed by atoms with Crippen LogP contribution in [0, 0.1) is 0 Å². The zero-order valence-electron chi connectivity index (χ0n) is 18.5. The predicted octanol–water partition coefficient (Wildman–Crippen LogP) is 3.18. The number of hydrogen-bond donors (Lipinski definition) is 1. The number of amides is 1. The van der Waals surface area contributed by atoms with Gasteiger partial charge in [-0.1, -0.05) is 19.9 Å². The minimum atomic E-state index is -2.91. The number of hydrogen-bond acceptors (Lipinski definition) is 7. The predicted molar refractivity (Wildman–Crippen MR) is 116 cm³/mol. The van der Waals surface area contributed by atoms with Crippen LogP contribution in [-0.2, 0) is 27.2 Å². The van der Waals surface area contributed by atoms with Crippen molar-refractivity contribution in [2.24, 2.45) is 5.73 Å². The second kappa shape index (κ2) is 11.3. The molecule has 1 unspecified atom stereocenters. The zero-order valence-corrected chi connectivity index (χ0v) is 21.7. The number of nitrogens with two attached hydrogens (primary N) is 1. The molecule has 0 rings (SSSR count). The van der Waals surface area contributed by atoms with E-state index in [4.69, 9.17) is 28.2 Å². The van der Waals surface area contributed by atoms with Gasteiger partial charge < -0.3 is 28.2 Å². The van der Waals surface area contributed by atoms with Crippen molar-refractivity contribution in [3.8, 4) is 0 Å². The summed E-state index contributed by atoms with van der Waals surface area (Å²) >= 11 is 0. The van der Waals surface area contributed by atoms with Gasteiger partial charge >= 0.3 is 21.3 Å². The fourth-order valence-electron chi connectivity index (χ4n) is 2.49. The fraction of sp³-hybridized carbons (Fsp3) is 0.765. The second-order valence-corrected chi connectivity index (χ2v) is 19.5. The molecule has 11 heteroatoms. The van der Waals surface area contributed by atoms with E-state index < -0.39 is 43.4 Å². The smallest absolute Gasteiger partial charge is 0.445 e. The van der Waals surface area contributed by atoms with E-state index >= 15 is 0 Å². The minimum absolute atomic E-state index is 0.000582. The number of carbonyl (C=O) groups excluding carboxylic acids is 2. The van der Waals surface area contributed by atoms with Crippen molar-refractivity contribution in [2.45, 2.75) is 71.4 Å². The molecule has 0 radical (unpaired) electrons. The zero-order chi connectivity index (χ0) is 22.2. The highest BCUT2D eigenvalue weighted by atomic mass is 28.4. The quantitative estimate of drug-likeness (QED) is 0.151. The van der Waals surface area contributed by atoms with Gasteiger partial charge in [-0.3, -0.25) is 0 Å². The fourth-order valence-corrected chi connectivity index (χ4v) is 9.37. The number of ether oxygens (including phenoxy) is 1. The van der Waals surface area contributed by atoms with Crippen molar-refractivity contribution in [2.75, 3.05) is 13.2 Å². The van der Waals surface area contributed by atoms with Crippen LogP contribution in [0.15, 0.2) is 12.2 Å². The SMILES string of the molecule is C=C(C)C(=O)OCCO[SiH](OC(N)=O)C(CCC)(O[Si](C)(C)C)O[Si](C)(C)C. The molecule has 164 valence electrons. The third kappa shape index (κ3) is 11.1. The average molecular weight is 452 g/mol. The van der Waals surface area contributed by atoms with E-state index in [1.165, 1.54) is 0 Å². The molecule has 0 saturated carbocycles. The maximum Gasteiger partial charge on any atom is 0.445 e. The van der Waals surface area contributed by atoms with Gasteiger partial charge in [0.25, 0.3) is 0 Å². The molecular formula is C17H37NO7Si3. The minimum Gasteiger partial charge on any atom is -0.476 e. The molecule has 0 spiro atoms. The van der Waals surface area contributed by atoms with Gasteiger partial charge in [-0.2, -0.15) is 0 Å². The van der Waals surface area contributed by atoms with Gasteiger partial charge in [0.15, 0.2) is 16.6 Å². The first-order chi connectivity index (χ1) is 12.6. The first-order valence-corrected chi connectivity index (χ1v) is 17.8. The summed E-state index contributed by atoms with van der Waals surface area (Å²) in [6, 6.07) is 0. The Hall–Kier alpha value is -0.989. The summed E-state index contributed by atoms with van der Waals surface area (Å²) in [6.07, 6.45) is 0.320. The molecule has 0 aliphatic heterocycles. The van der Waals surface area contributed by atoms with E-state index in [2.05, 4.69) is 6.58 Å². The molecular weight excluding hydrogens is 414 g/mol. The lowest BCUT2D eigenvalue weighted by molar-refractivity contribution is -0.140. The molecule has 0 aromatic heterocycles. The van der Waals surface area contributed by atoms with Crippen LogP contribution in [0.3, 0.4) is 0 Å². The lowest BCUT2D eigenvalue weighted by Gasteiger charge is -2.44. The Bertz CT molecular complexity index is 528. The highest BCUT2D eigenvalue weighted by molar-refractivity contribution is 6.72. The van der Waals surface area contributed by atoms with Crippen LogP contribution in [0.5, 0.6) is 0 Å². The Labute approximate surface area is 172 Å². The second-order valence-electron chi connectivity index (χ2n) is 8.55. The number of carbonyl (C=O) groups is 2. The van der Waals surface area contributed by atoms with Crippen molar-refractivity contribution in [3.05, 3.63) is 12.2 Å². The van der Waals surface area contributed by atoms with Crippen LogP contribution in [-0.4, -0.2) is 56.6 Å². The van der Waals surface area contributed by atoms with E-state index in [0.717, 1.165) is 6.42 Å². The topological polar surface area (TPSA) is 106 Å². The van der Waals surface area contributed by atoms with Crippen LogP contribution in [0.4, 0.5) is 4.79 Å². The molecule has 28 heavy (non-hydrogen) atoms. The van der Waals surface area contributed by atoms with Crippen LogP contribution in [0.25, 0.3) is 0 Å². The highest BCUT2D eigenvalue weighted by Gasteiger charge is 2.52. The summed E-state index contributed by atoms with van der Waals surface area (Å²) in [5, 5.41) is 0.